The lowest BCUT2D eigenvalue weighted by Gasteiger charge is -2.22. The van der Waals surface area contributed by atoms with Crippen LogP contribution in [0.25, 0.3) is 0 Å². The lowest BCUT2D eigenvalue weighted by Crippen LogP contribution is -2.37. The highest BCUT2D eigenvalue weighted by Crippen LogP contribution is 2.21. The minimum atomic E-state index is -0.162. The summed E-state index contributed by atoms with van der Waals surface area (Å²) in [6.45, 7) is 8.12. The lowest BCUT2D eigenvalue weighted by molar-refractivity contribution is 0.0929. The van der Waals surface area contributed by atoms with Crippen molar-refractivity contribution < 1.29 is 9.90 Å². The Morgan fingerprint density at radius 2 is 2.10 bits per heavy atom. The molecule has 1 aromatic rings. The van der Waals surface area contributed by atoms with Crippen molar-refractivity contribution >= 4 is 17.2 Å². The summed E-state index contributed by atoms with van der Waals surface area (Å²) in [4.78, 5) is 13.8. The number of aliphatic hydroxyl groups is 1. The zero-order chi connectivity index (χ0) is 15.1. The molecule has 0 aliphatic carbocycles. The fraction of sp³-hybridized carbons (Fsp3) is 0.562. The molecule has 1 atom stereocenters. The molecule has 0 spiro atoms. The van der Waals surface area contributed by atoms with Gasteiger partial charge in [0.1, 0.15) is 6.61 Å². The SMILES string of the molecule is CCC(CC)C(C)NC(=O)c1cc(C)c(C#CCO)s1. The normalized spacial score (nSPS) is 11.9. The van der Waals surface area contributed by atoms with Crippen LogP contribution in [0.3, 0.4) is 0 Å². The highest BCUT2D eigenvalue weighted by atomic mass is 32.1. The van der Waals surface area contributed by atoms with Crippen molar-refractivity contribution in [2.75, 3.05) is 6.61 Å². The van der Waals surface area contributed by atoms with Crippen LogP contribution in [0.4, 0.5) is 0 Å². The molecule has 0 bridgehead atoms. The maximum absolute atomic E-state index is 12.2. The van der Waals surface area contributed by atoms with Crippen LogP contribution in [0, 0.1) is 24.7 Å². The number of aryl methyl sites for hydroxylation is 1. The quantitative estimate of drug-likeness (QED) is 0.820. The monoisotopic (exact) mass is 293 g/mol. The Balaban J connectivity index is 2.78. The van der Waals surface area contributed by atoms with Crippen LogP contribution in [0.1, 0.15) is 53.7 Å². The molecule has 0 aliphatic heterocycles. The molecule has 1 heterocycles. The standard InChI is InChI=1S/C16H23NO2S/c1-5-13(6-2)12(4)17-16(19)15-10-11(3)14(20-15)8-7-9-18/h10,12-13,18H,5-6,9H2,1-4H3,(H,17,19). The highest BCUT2D eigenvalue weighted by Gasteiger charge is 2.18. The van der Waals surface area contributed by atoms with E-state index in [1.807, 2.05) is 13.0 Å². The summed E-state index contributed by atoms with van der Waals surface area (Å²) in [5.41, 5.74) is 0.983. The molecular weight excluding hydrogens is 270 g/mol. The van der Waals surface area contributed by atoms with Gasteiger partial charge in [-0.05, 0) is 31.4 Å². The second-order valence-electron chi connectivity index (χ2n) is 4.92. The van der Waals surface area contributed by atoms with E-state index in [1.165, 1.54) is 11.3 Å². The van der Waals surface area contributed by atoms with Crippen molar-refractivity contribution in [2.45, 2.75) is 46.6 Å². The summed E-state index contributed by atoms with van der Waals surface area (Å²) in [5.74, 6) is 5.97. The number of nitrogens with one attached hydrogen (secondary N) is 1. The molecule has 2 N–H and O–H groups in total. The molecule has 0 saturated carbocycles. The van der Waals surface area contributed by atoms with Gasteiger partial charge in [0, 0.05) is 6.04 Å². The van der Waals surface area contributed by atoms with Crippen LogP contribution in [0.5, 0.6) is 0 Å². The lowest BCUT2D eigenvalue weighted by atomic mass is 9.95. The van der Waals surface area contributed by atoms with Gasteiger partial charge < -0.3 is 10.4 Å². The molecule has 110 valence electrons. The Hall–Kier alpha value is -1.31. The zero-order valence-electron chi connectivity index (χ0n) is 12.6. The van der Waals surface area contributed by atoms with Crippen molar-refractivity contribution in [3.05, 3.63) is 21.4 Å². The zero-order valence-corrected chi connectivity index (χ0v) is 13.4. The molecule has 0 fully saturated rings. The number of rotatable bonds is 5. The van der Waals surface area contributed by atoms with Crippen molar-refractivity contribution in [2.24, 2.45) is 5.92 Å². The number of carbonyl (C=O) groups excluding carboxylic acids is 1. The van der Waals surface area contributed by atoms with Crippen molar-refractivity contribution in [3.8, 4) is 11.8 Å². The van der Waals surface area contributed by atoms with Crippen LogP contribution in [0.2, 0.25) is 0 Å². The molecule has 1 amide bonds. The summed E-state index contributed by atoms with van der Waals surface area (Å²) in [5, 5.41) is 11.8. The average Bonchev–Trinajstić information content (AvgIpc) is 2.79. The molecule has 0 aliphatic rings. The maximum atomic E-state index is 12.2. The second kappa shape index (κ2) is 8.08. The van der Waals surface area contributed by atoms with E-state index in [1.54, 1.807) is 0 Å². The average molecular weight is 293 g/mol. The number of hydrogen-bond donors (Lipinski definition) is 2. The van der Waals surface area contributed by atoms with Crippen LogP contribution in [-0.4, -0.2) is 23.7 Å². The van der Waals surface area contributed by atoms with Crippen LogP contribution >= 0.6 is 11.3 Å². The first kappa shape index (κ1) is 16.7. The maximum Gasteiger partial charge on any atom is 0.261 e. The molecular formula is C16H23NO2S. The van der Waals surface area contributed by atoms with E-state index >= 15 is 0 Å². The highest BCUT2D eigenvalue weighted by molar-refractivity contribution is 7.14. The Morgan fingerprint density at radius 1 is 1.45 bits per heavy atom. The van der Waals surface area contributed by atoms with Crippen LogP contribution < -0.4 is 5.32 Å². The van der Waals surface area contributed by atoms with E-state index < -0.39 is 0 Å². The first-order valence-corrected chi connectivity index (χ1v) is 7.86. The second-order valence-corrected chi connectivity index (χ2v) is 5.97. The minimum Gasteiger partial charge on any atom is -0.384 e. The number of amides is 1. The molecule has 0 radical (unpaired) electrons. The van der Waals surface area contributed by atoms with E-state index in [-0.39, 0.29) is 18.6 Å². The van der Waals surface area contributed by atoms with Gasteiger partial charge in [-0.25, -0.2) is 0 Å². The topological polar surface area (TPSA) is 49.3 Å². The molecule has 1 rings (SSSR count). The minimum absolute atomic E-state index is 0.0328. The largest absolute Gasteiger partial charge is 0.384 e. The van der Waals surface area contributed by atoms with Gasteiger partial charge in [-0.15, -0.1) is 11.3 Å². The van der Waals surface area contributed by atoms with E-state index in [4.69, 9.17) is 5.11 Å². The van der Waals surface area contributed by atoms with E-state index in [0.717, 1.165) is 23.3 Å². The number of aliphatic hydroxyl groups excluding tert-OH is 1. The molecule has 4 heteroatoms. The molecule has 0 aromatic carbocycles. The fourth-order valence-corrected chi connectivity index (χ4v) is 3.18. The molecule has 1 aromatic heterocycles. The predicted molar refractivity (Wildman–Crippen MR) is 84.0 cm³/mol. The number of carbonyl (C=O) groups is 1. The Bertz CT molecular complexity index is 506. The van der Waals surface area contributed by atoms with Crippen molar-refractivity contribution in [1.29, 1.82) is 0 Å². The van der Waals surface area contributed by atoms with Gasteiger partial charge >= 0.3 is 0 Å². The molecule has 3 nitrogen and oxygen atoms in total. The van der Waals surface area contributed by atoms with Gasteiger partial charge in [0.25, 0.3) is 5.91 Å². The third-order valence-corrected chi connectivity index (χ3v) is 4.69. The molecule has 0 saturated heterocycles. The van der Waals surface area contributed by atoms with Crippen molar-refractivity contribution in [3.63, 3.8) is 0 Å². The Kier molecular flexibility index (Phi) is 6.77. The van der Waals surface area contributed by atoms with Gasteiger partial charge in [0.15, 0.2) is 0 Å². The van der Waals surface area contributed by atoms with E-state index in [9.17, 15) is 4.79 Å². The summed E-state index contributed by atoms with van der Waals surface area (Å²) >= 11 is 1.38. The van der Waals surface area contributed by atoms with Gasteiger partial charge in [-0.1, -0.05) is 38.5 Å². The third-order valence-electron chi connectivity index (χ3n) is 3.54. The Labute approximate surface area is 125 Å². The smallest absolute Gasteiger partial charge is 0.261 e. The number of hydrogen-bond acceptors (Lipinski definition) is 3. The first-order chi connectivity index (χ1) is 9.53. The molecule has 1 unspecified atom stereocenters. The van der Waals surface area contributed by atoms with Gasteiger partial charge in [0.2, 0.25) is 0 Å². The van der Waals surface area contributed by atoms with E-state index in [2.05, 4.69) is 37.9 Å². The third kappa shape index (κ3) is 4.36. The van der Waals surface area contributed by atoms with Crippen LogP contribution in [0.15, 0.2) is 6.07 Å². The Morgan fingerprint density at radius 3 is 2.65 bits per heavy atom. The summed E-state index contributed by atoms with van der Waals surface area (Å²) in [6.07, 6.45) is 2.13. The number of thiophene rings is 1. The van der Waals surface area contributed by atoms with Gasteiger partial charge in [-0.2, -0.15) is 0 Å². The van der Waals surface area contributed by atoms with Gasteiger partial charge in [-0.3, -0.25) is 4.79 Å². The first-order valence-electron chi connectivity index (χ1n) is 7.04. The summed E-state index contributed by atoms with van der Waals surface area (Å²) in [7, 11) is 0. The van der Waals surface area contributed by atoms with Crippen molar-refractivity contribution in [1.82, 2.24) is 5.32 Å². The van der Waals surface area contributed by atoms with E-state index in [0.29, 0.717) is 10.8 Å². The predicted octanol–water partition coefficient (Wildman–Crippen LogP) is 2.95. The summed E-state index contributed by atoms with van der Waals surface area (Å²) < 4.78 is 0. The van der Waals surface area contributed by atoms with Crippen LogP contribution in [-0.2, 0) is 0 Å². The van der Waals surface area contributed by atoms with Gasteiger partial charge in [0.05, 0.1) is 9.75 Å². The summed E-state index contributed by atoms with van der Waals surface area (Å²) in [6, 6.07) is 2.04. The fourth-order valence-electron chi connectivity index (χ4n) is 2.23. The molecule has 20 heavy (non-hydrogen) atoms.